The van der Waals surface area contributed by atoms with Gasteiger partial charge in [0.1, 0.15) is 6.61 Å². The second kappa shape index (κ2) is 8.90. The van der Waals surface area contributed by atoms with Crippen LogP contribution in [0.15, 0.2) is 53.0 Å². The molecule has 0 atom stereocenters. The van der Waals surface area contributed by atoms with E-state index in [4.69, 9.17) is 9.47 Å². The van der Waals surface area contributed by atoms with Gasteiger partial charge in [-0.15, -0.1) is 0 Å². The maximum Gasteiger partial charge on any atom is 0.244 e. The van der Waals surface area contributed by atoms with Crippen LogP contribution < -0.4 is 14.8 Å². The Balaban J connectivity index is 2.14. The number of rotatable bonds is 6. The van der Waals surface area contributed by atoms with Crippen LogP contribution in [0.3, 0.4) is 0 Å². The van der Waals surface area contributed by atoms with E-state index < -0.39 is 0 Å². The van der Waals surface area contributed by atoms with E-state index in [0.29, 0.717) is 18.1 Å². The van der Waals surface area contributed by atoms with E-state index in [0.717, 1.165) is 15.6 Å². The topological polar surface area (TPSA) is 47.6 Å². The molecule has 0 aliphatic heterocycles. The lowest BCUT2D eigenvalue weighted by Gasteiger charge is -2.19. The van der Waals surface area contributed by atoms with Crippen molar-refractivity contribution in [2.24, 2.45) is 0 Å². The summed E-state index contributed by atoms with van der Waals surface area (Å²) >= 11 is 3.53. The highest BCUT2D eigenvalue weighted by molar-refractivity contribution is 9.10. The van der Waals surface area contributed by atoms with E-state index in [9.17, 15) is 4.79 Å². The van der Waals surface area contributed by atoms with Crippen LogP contribution in [0.4, 0.5) is 0 Å². The van der Waals surface area contributed by atoms with Gasteiger partial charge in [-0.05, 0) is 66.0 Å². The summed E-state index contributed by atoms with van der Waals surface area (Å²) in [6.07, 6.45) is 3.26. The maximum atomic E-state index is 11.9. The van der Waals surface area contributed by atoms with Crippen molar-refractivity contribution in [1.29, 1.82) is 0 Å². The molecule has 0 bridgehead atoms. The van der Waals surface area contributed by atoms with Gasteiger partial charge in [0.05, 0.1) is 11.6 Å². The molecule has 1 N–H and O–H groups in total. The van der Waals surface area contributed by atoms with Gasteiger partial charge in [-0.3, -0.25) is 4.79 Å². The molecule has 0 fully saturated rings. The van der Waals surface area contributed by atoms with Gasteiger partial charge < -0.3 is 14.8 Å². The Bertz CT molecular complexity index is 780. The van der Waals surface area contributed by atoms with E-state index in [1.165, 1.54) is 6.08 Å². The van der Waals surface area contributed by atoms with E-state index in [1.54, 1.807) is 13.2 Å². The highest BCUT2D eigenvalue weighted by Crippen LogP contribution is 2.37. The van der Waals surface area contributed by atoms with Gasteiger partial charge in [0.15, 0.2) is 11.5 Å². The van der Waals surface area contributed by atoms with Crippen molar-refractivity contribution < 1.29 is 14.3 Å². The predicted molar refractivity (Wildman–Crippen MR) is 108 cm³/mol. The summed E-state index contributed by atoms with van der Waals surface area (Å²) in [4.78, 5) is 11.9. The Morgan fingerprint density at radius 3 is 2.50 bits per heavy atom. The first-order valence-electron chi connectivity index (χ1n) is 8.33. The fraction of sp³-hybridized carbons (Fsp3) is 0.286. The molecule has 0 aliphatic rings. The number of nitrogens with one attached hydrogen (secondary N) is 1. The number of carbonyl (C=O) groups is 1. The van der Waals surface area contributed by atoms with Crippen molar-refractivity contribution in [2.75, 3.05) is 7.11 Å². The largest absolute Gasteiger partial charge is 0.493 e. The van der Waals surface area contributed by atoms with Gasteiger partial charge >= 0.3 is 0 Å². The van der Waals surface area contributed by atoms with E-state index in [-0.39, 0.29) is 11.4 Å². The molecule has 5 heteroatoms. The van der Waals surface area contributed by atoms with Gasteiger partial charge in [0.25, 0.3) is 0 Å². The number of benzene rings is 2. The summed E-state index contributed by atoms with van der Waals surface area (Å²) in [5.74, 6) is 1.09. The summed E-state index contributed by atoms with van der Waals surface area (Å²) in [5.41, 5.74) is 1.64. The molecule has 26 heavy (non-hydrogen) atoms. The van der Waals surface area contributed by atoms with Gasteiger partial charge in [-0.1, -0.05) is 30.3 Å². The zero-order valence-electron chi connectivity index (χ0n) is 15.5. The molecular formula is C21H24BrNO3. The Labute approximate surface area is 163 Å². The molecular weight excluding hydrogens is 394 g/mol. The monoisotopic (exact) mass is 417 g/mol. The van der Waals surface area contributed by atoms with Gasteiger partial charge in [-0.2, -0.15) is 0 Å². The number of ether oxygens (including phenoxy) is 2. The third-order valence-corrected chi connectivity index (χ3v) is 3.99. The molecule has 0 heterocycles. The molecule has 4 nitrogen and oxygen atoms in total. The normalized spacial score (nSPS) is 11.4. The van der Waals surface area contributed by atoms with Crippen molar-refractivity contribution in [3.8, 4) is 11.5 Å². The van der Waals surface area contributed by atoms with E-state index >= 15 is 0 Å². The number of halogens is 1. The minimum atomic E-state index is -0.269. The second-order valence-electron chi connectivity index (χ2n) is 6.88. The third kappa shape index (κ3) is 6.23. The standard InChI is InChI=1S/C21H24BrNO3/c1-21(2,3)23-19(24)11-10-16-12-17(22)20(18(13-16)25-4)26-14-15-8-6-5-7-9-15/h5-13H,14H2,1-4H3,(H,23,24)/b11-10+. The molecule has 0 aromatic heterocycles. The molecule has 0 saturated carbocycles. The molecule has 0 radical (unpaired) electrons. The minimum Gasteiger partial charge on any atom is -0.493 e. The summed E-state index contributed by atoms with van der Waals surface area (Å²) in [6.45, 7) is 6.27. The predicted octanol–water partition coefficient (Wildman–Crippen LogP) is 4.96. The second-order valence-corrected chi connectivity index (χ2v) is 7.74. The lowest BCUT2D eigenvalue weighted by Crippen LogP contribution is -2.39. The van der Waals surface area contributed by atoms with Crippen LogP contribution in [0.1, 0.15) is 31.9 Å². The lowest BCUT2D eigenvalue weighted by atomic mass is 10.1. The van der Waals surface area contributed by atoms with Crippen LogP contribution in [0.25, 0.3) is 6.08 Å². The van der Waals surface area contributed by atoms with Crippen LogP contribution in [0, 0.1) is 0 Å². The average Bonchev–Trinajstić information content (AvgIpc) is 2.58. The Morgan fingerprint density at radius 1 is 1.19 bits per heavy atom. The SMILES string of the molecule is COc1cc(/C=C/C(=O)NC(C)(C)C)cc(Br)c1OCc1ccccc1. The van der Waals surface area contributed by atoms with Crippen LogP contribution in [0.2, 0.25) is 0 Å². The fourth-order valence-corrected chi connectivity index (χ4v) is 2.86. The minimum absolute atomic E-state index is 0.142. The average molecular weight is 418 g/mol. The molecule has 2 aromatic carbocycles. The van der Waals surface area contributed by atoms with Gasteiger partial charge in [0.2, 0.25) is 5.91 Å². The molecule has 0 aliphatic carbocycles. The number of carbonyl (C=O) groups excluding carboxylic acids is 1. The van der Waals surface area contributed by atoms with Crippen molar-refractivity contribution in [3.63, 3.8) is 0 Å². The van der Waals surface area contributed by atoms with Crippen LogP contribution in [-0.4, -0.2) is 18.6 Å². The quantitative estimate of drug-likeness (QED) is 0.675. The first-order chi connectivity index (χ1) is 12.3. The van der Waals surface area contributed by atoms with Crippen LogP contribution in [0.5, 0.6) is 11.5 Å². The summed E-state index contributed by atoms with van der Waals surface area (Å²) < 4.78 is 12.1. The molecule has 0 saturated heterocycles. The Hall–Kier alpha value is -2.27. The lowest BCUT2D eigenvalue weighted by molar-refractivity contribution is -0.117. The fourth-order valence-electron chi connectivity index (χ4n) is 2.29. The highest BCUT2D eigenvalue weighted by atomic mass is 79.9. The molecule has 2 aromatic rings. The molecule has 0 spiro atoms. The Morgan fingerprint density at radius 2 is 1.88 bits per heavy atom. The smallest absolute Gasteiger partial charge is 0.244 e. The van der Waals surface area contributed by atoms with Crippen LogP contribution in [-0.2, 0) is 11.4 Å². The zero-order valence-corrected chi connectivity index (χ0v) is 17.1. The molecule has 0 unspecified atom stereocenters. The van der Waals surface area contributed by atoms with Crippen molar-refractivity contribution >= 4 is 27.9 Å². The summed E-state index contributed by atoms with van der Waals surface area (Å²) in [7, 11) is 1.59. The van der Waals surface area contributed by atoms with Gasteiger partial charge in [0, 0.05) is 11.6 Å². The first-order valence-corrected chi connectivity index (χ1v) is 9.12. The summed E-state index contributed by atoms with van der Waals surface area (Å²) in [5, 5.41) is 2.89. The molecule has 138 valence electrons. The number of hydrogen-bond acceptors (Lipinski definition) is 3. The Kier molecular flexibility index (Phi) is 6.86. The maximum absolute atomic E-state index is 11.9. The van der Waals surface area contributed by atoms with Crippen molar-refractivity contribution in [3.05, 3.63) is 64.1 Å². The highest BCUT2D eigenvalue weighted by Gasteiger charge is 2.13. The zero-order chi connectivity index (χ0) is 19.2. The first kappa shape index (κ1) is 20.0. The van der Waals surface area contributed by atoms with E-state index in [2.05, 4.69) is 21.2 Å². The molecule has 1 amide bonds. The number of hydrogen-bond donors (Lipinski definition) is 1. The molecule has 2 rings (SSSR count). The van der Waals surface area contributed by atoms with Crippen molar-refractivity contribution in [2.45, 2.75) is 32.9 Å². The number of amides is 1. The summed E-state index contributed by atoms with van der Waals surface area (Å²) in [6, 6.07) is 13.7. The van der Waals surface area contributed by atoms with E-state index in [1.807, 2.05) is 63.2 Å². The van der Waals surface area contributed by atoms with Crippen molar-refractivity contribution in [1.82, 2.24) is 5.32 Å². The number of methoxy groups -OCH3 is 1. The van der Waals surface area contributed by atoms with Gasteiger partial charge in [-0.25, -0.2) is 0 Å². The van der Waals surface area contributed by atoms with Crippen LogP contribution >= 0.6 is 15.9 Å². The third-order valence-electron chi connectivity index (χ3n) is 3.40.